The molecule has 4 heteroatoms. The van der Waals surface area contributed by atoms with Gasteiger partial charge in [0.25, 0.3) is 0 Å². The molecule has 0 bridgehead atoms. The van der Waals surface area contributed by atoms with Crippen molar-refractivity contribution in [3.8, 4) is 11.3 Å². The third-order valence-electron chi connectivity index (χ3n) is 4.44. The molecule has 1 aromatic heterocycles. The summed E-state index contributed by atoms with van der Waals surface area (Å²) in [6.07, 6.45) is 2.44. The van der Waals surface area contributed by atoms with E-state index in [4.69, 9.17) is 0 Å². The lowest BCUT2D eigenvalue weighted by molar-refractivity contribution is -0.129. The Morgan fingerprint density at radius 2 is 2.09 bits per heavy atom. The molecule has 1 atom stereocenters. The average molecular weight is 297 g/mol. The minimum Gasteiger partial charge on any atom is -0.342 e. The standard InChI is InChI=1S/C18H23N3O/c1-11(2)21-10-14(8-17(21)22)18-19-9-16(20-18)15-6-5-12(3)7-13(15)4/h5-7,9,11,14H,8,10H2,1-4H3,(H,19,20)/t14-/m0/s1. The van der Waals surface area contributed by atoms with Crippen LogP contribution in [0.2, 0.25) is 0 Å². The molecule has 0 aliphatic carbocycles. The molecule has 0 spiro atoms. The lowest BCUT2D eigenvalue weighted by Crippen LogP contribution is -2.31. The van der Waals surface area contributed by atoms with E-state index in [-0.39, 0.29) is 17.9 Å². The van der Waals surface area contributed by atoms with E-state index in [2.05, 4.69) is 55.9 Å². The fourth-order valence-electron chi connectivity index (χ4n) is 3.21. The van der Waals surface area contributed by atoms with Gasteiger partial charge in [0.1, 0.15) is 5.82 Å². The first-order valence-corrected chi connectivity index (χ1v) is 7.87. The van der Waals surface area contributed by atoms with Crippen molar-refractivity contribution < 1.29 is 4.79 Å². The van der Waals surface area contributed by atoms with Crippen LogP contribution < -0.4 is 0 Å². The van der Waals surface area contributed by atoms with Gasteiger partial charge in [0.15, 0.2) is 0 Å². The molecule has 0 saturated carbocycles. The monoisotopic (exact) mass is 297 g/mol. The summed E-state index contributed by atoms with van der Waals surface area (Å²) in [7, 11) is 0. The quantitative estimate of drug-likeness (QED) is 0.943. The van der Waals surface area contributed by atoms with Crippen molar-refractivity contribution in [1.82, 2.24) is 14.9 Å². The normalized spacial score (nSPS) is 18.5. The zero-order valence-electron chi connectivity index (χ0n) is 13.7. The van der Waals surface area contributed by atoms with Crippen LogP contribution in [0.4, 0.5) is 0 Å². The number of H-pyrrole nitrogens is 1. The second-order valence-electron chi connectivity index (χ2n) is 6.54. The van der Waals surface area contributed by atoms with Gasteiger partial charge in [-0.1, -0.05) is 23.8 Å². The summed E-state index contributed by atoms with van der Waals surface area (Å²) in [5, 5.41) is 0. The first-order chi connectivity index (χ1) is 10.5. The highest BCUT2D eigenvalue weighted by Crippen LogP contribution is 2.30. The number of carbonyl (C=O) groups excluding carboxylic acids is 1. The maximum atomic E-state index is 12.1. The molecule has 1 N–H and O–H groups in total. The van der Waals surface area contributed by atoms with Crippen molar-refractivity contribution in [2.24, 2.45) is 0 Å². The summed E-state index contributed by atoms with van der Waals surface area (Å²) in [5.74, 6) is 1.32. The van der Waals surface area contributed by atoms with Crippen molar-refractivity contribution in [2.45, 2.75) is 46.1 Å². The molecule has 22 heavy (non-hydrogen) atoms. The SMILES string of the molecule is Cc1ccc(-c2cnc([C@H]3CC(=O)N(C(C)C)C3)[nH]2)c(C)c1. The Hall–Kier alpha value is -2.10. The largest absolute Gasteiger partial charge is 0.342 e. The Bertz CT molecular complexity index is 702. The fraction of sp³-hybridized carbons (Fsp3) is 0.444. The summed E-state index contributed by atoms with van der Waals surface area (Å²) in [4.78, 5) is 21.9. The molecule has 3 rings (SSSR count). The summed E-state index contributed by atoms with van der Waals surface area (Å²) in [5.41, 5.74) is 4.70. The van der Waals surface area contributed by atoms with E-state index in [9.17, 15) is 4.79 Å². The van der Waals surface area contributed by atoms with Gasteiger partial charge >= 0.3 is 0 Å². The van der Waals surface area contributed by atoms with Crippen LogP contribution in [0.25, 0.3) is 11.3 Å². The van der Waals surface area contributed by atoms with Gasteiger partial charge in [-0.15, -0.1) is 0 Å². The number of rotatable bonds is 3. The van der Waals surface area contributed by atoms with Crippen LogP contribution in [0.1, 0.15) is 43.1 Å². The molecule has 1 saturated heterocycles. The zero-order chi connectivity index (χ0) is 15.9. The number of likely N-dealkylation sites (tertiary alicyclic amines) is 1. The minimum atomic E-state index is 0.175. The average Bonchev–Trinajstić information content (AvgIpc) is 3.05. The highest BCUT2D eigenvalue weighted by atomic mass is 16.2. The molecular formula is C18H23N3O. The van der Waals surface area contributed by atoms with Crippen LogP contribution in [0.15, 0.2) is 24.4 Å². The van der Waals surface area contributed by atoms with Crippen LogP contribution in [0, 0.1) is 13.8 Å². The van der Waals surface area contributed by atoms with Gasteiger partial charge in [-0.05, 0) is 33.3 Å². The minimum absolute atomic E-state index is 0.175. The van der Waals surface area contributed by atoms with Gasteiger partial charge in [-0.2, -0.15) is 0 Å². The molecule has 1 aliphatic heterocycles. The molecule has 1 fully saturated rings. The van der Waals surface area contributed by atoms with E-state index in [1.165, 1.54) is 16.7 Å². The zero-order valence-corrected chi connectivity index (χ0v) is 13.7. The summed E-state index contributed by atoms with van der Waals surface area (Å²) in [6.45, 7) is 9.09. The van der Waals surface area contributed by atoms with Crippen LogP contribution >= 0.6 is 0 Å². The number of carbonyl (C=O) groups is 1. The van der Waals surface area contributed by atoms with E-state index in [0.29, 0.717) is 6.42 Å². The predicted octanol–water partition coefficient (Wildman–Crippen LogP) is 3.42. The lowest BCUT2D eigenvalue weighted by atomic mass is 10.0. The molecule has 4 nitrogen and oxygen atoms in total. The van der Waals surface area contributed by atoms with Crippen molar-refractivity contribution in [2.75, 3.05) is 6.54 Å². The van der Waals surface area contributed by atoms with Gasteiger partial charge in [0.05, 0.1) is 11.9 Å². The maximum absolute atomic E-state index is 12.1. The molecular weight excluding hydrogens is 274 g/mol. The third-order valence-corrected chi connectivity index (χ3v) is 4.44. The summed E-state index contributed by atoms with van der Waals surface area (Å²) >= 11 is 0. The first kappa shape index (κ1) is 14.8. The predicted molar refractivity (Wildman–Crippen MR) is 87.7 cm³/mol. The Balaban J connectivity index is 1.84. The van der Waals surface area contributed by atoms with Crippen molar-refractivity contribution in [1.29, 1.82) is 0 Å². The number of aromatic amines is 1. The number of aryl methyl sites for hydroxylation is 2. The molecule has 1 amide bonds. The second kappa shape index (κ2) is 5.59. The number of nitrogens with zero attached hydrogens (tertiary/aromatic N) is 2. The van der Waals surface area contributed by atoms with Crippen molar-refractivity contribution in [3.63, 3.8) is 0 Å². The number of amides is 1. The lowest BCUT2D eigenvalue weighted by Gasteiger charge is -2.20. The first-order valence-electron chi connectivity index (χ1n) is 7.87. The van der Waals surface area contributed by atoms with Crippen molar-refractivity contribution in [3.05, 3.63) is 41.3 Å². The van der Waals surface area contributed by atoms with Crippen LogP contribution in [-0.4, -0.2) is 33.4 Å². The molecule has 0 unspecified atom stereocenters. The number of imidazole rings is 1. The van der Waals surface area contributed by atoms with Gasteiger partial charge in [0.2, 0.25) is 5.91 Å². The number of aromatic nitrogens is 2. The van der Waals surface area contributed by atoms with Crippen LogP contribution in [-0.2, 0) is 4.79 Å². The fourth-order valence-corrected chi connectivity index (χ4v) is 3.21. The summed E-state index contributed by atoms with van der Waals surface area (Å²) < 4.78 is 0. The Morgan fingerprint density at radius 3 is 2.73 bits per heavy atom. The highest BCUT2D eigenvalue weighted by Gasteiger charge is 2.33. The molecule has 2 heterocycles. The highest BCUT2D eigenvalue weighted by molar-refractivity contribution is 5.80. The van der Waals surface area contributed by atoms with E-state index in [0.717, 1.165) is 18.1 Å². The van der Waals surface area contributed by atoms with E-state index < -0.39 is 0 Å². The van der Waals surface area contributed by atoms with Crippen LogP contribution in [0.5, 0.6) is 0 Å². The number of nitrogens with one attached hydrogen (secondary N) is 1. The molecule has 0 radical (unpaired) electrons. The maximum Gasteiger partial charge on any atom is 0.223 e. The molecule has 1 aliphatic rings. The number of hydrogen-bond acceptors (Lipinski definition) is 2. The van der Waals surface area contributed by atoms with Crippen molar-refractivity contribution >= 4 is 5.91 Å². The van der Waals surface area contributed by atoms with Gasteiger partial charge in [-0.3, -0.25) is 4.79 Å². The smallest absolute Gasteiger partial charge is 0.223 e. The topological polar surface area (TPSA) is 49.0 Å². The van der Waals surface area contributed by atoms with Gasteiger partial charge in [-0.25, -0.2) is 4.98 Å². The van der Waals surface area contributed by atoms with Crippen LogP contribution in [0.3, 0.4) is 0 Å². The van der Waals surface area contributed by atoms with E-state index in [1.54, 1.807) is 0 Å². The summed E-state index contributed by atoms with van der Waals surface area (Å²) in [6, 6.07) is 6.67. The Kier molecular flexibility index (Phi) is 3.77. The molecule has 2 aromatic rings. The van der Waals surface area contributed by atoms with E-state index >= 15 is 0 Å². The van der Waals surface area contributed by atoms with Gasteiger partial charge in [0, 0.05) is 30.5 Å². The Labute approximate surface area is 131 Å². The molecule has 1 aromatic carbocycles. The van der Waals surface area contributed by atoms with E-state index in [1.807, 2.05) is 11.1 Å². The third kappa shape index (κ3) is 2.65. The second-order valence-corrected chi connectivity index (χ2v) is 6.54. The van der Waals surface area contributed by atoms with Gasteiger partial charge < -0.3 is 9.88 Å². The number of benzene rings is 1. The Morgan fingerprint density at radius 1 is 1.32 bits per heavy atom. The number of hydrogen-bond donors (Lipinski definition) is 1. The molecule has 116 valence electrons.